The Morgan fingerprint density at radius 1 is 1.25 bits per heavy atom. The molecule has 0 spiro atoms. The van der Waals surface area contributed by atoms with Crippen LogP contribution in [0.4, 0.5) is 5.69 Å². The van der Waals surface area contributed by atoms with Crippen LogP contribution in [0.3, 0.4) is 0 Å². The summed E-state index contributed by atoms with van der Waals surface area (Å²) in [5.41, 5.74) is 12.0. The summed E-state index contributed by atoms with van der Waals surface area (Å²) < 4.78 is 7.59. The Bertz CT molecular complexity index is 961. The molecular weight excluding hydrogens is 298 g/mol. The van der Waals surface area contributed by atoms with Crippen molar-refractivity contribution in [3.8, 4) is 17.2 Å². The van der Waals surface area contributed by atoms with Gasteiger partial charge in [0.2, 0.25) is 0 Å². The monoisotopic (exact) mass is 317 g/mol. The number of nitrogen functional groups attached to an aromatic ring is 1. The summed E-state index contributed by atoms with van der Waals surface area (Å²) in [6.07, 6.45) is 2.19. The molecule has 1 aliphatic rings. The van der Waals surface area contributed by atoms with Crippen LogP contribution in [0.15, 0.2) is 42.6 Å². The van der Waals surface area contributed by atoms with Crippen LogP contribution in [0, 0.1) is 24.2 Å². The number of aromatic nitrogens is 1. The molecule has 4 rings (SSSR count). The summed E-state index contributed by atoms with van der Waals surface area (Å²) in [7, 11) is 0. The fourth-order valence-corrected chi connectivity index (χ4v) is 3.35. The number of hydrogen-bond donors (Lipinski definition) is 1. The molecule has 2 heterocycles. The first-order chi connectivity index (χ1) is 11.7. The number of fused-ring (bicyclic) bond motifs is 1. The molecule has 4 heteroatoms. The van der Waals surface area contributed by atoms with Gasteiger partial charge in [0, 0.05) is 40.8 Å². The van der Waals surface area contributed by atoms with Gasteiger partial charge in [-0.3, -0.25) is 0 Å². The van der Waals surface area contributed by atoms with Gasteiger partial charge in [-0.25, -0.2) is 0 Å². The lowest BCUT2D eigenvalue weighted by molar-refractivity contribution is -0.0388. The highest BCUT2D eigenvalue weighted by Gasteiger charge is 2.21. The quantitative estimate of drug-likeness (QED) is 0.749. The van der Waals surface area contributed by atoms with Gasteiger partial charge in [-0.2, -0.15) is 5.26 Å². The topological polar surface area (TPSA) is 64.0 Å². The van der Waals surface area contributed by atoms with Crippen molar-refractivity contribution in [3.63, 3.8) is 0 Å². The van der Waals surface area contributed by atoms with Gasteiger partial charge in [-0.15, -0.1) is 0 Å². The first-order valence-electron chi connectivity index (χ1n) is 8.13. The largest absolute Gasteiger partial charge is 0.398 e. The molecule has 0 bridgehead atoms. The van der Waals surface area contributed by atoms with Gasteiger partial charge in [0.15, 0.2) is 0 Å². The smallest absolute Gasteiger partial charge is 0.0991 e. The Kier molecular flexibility index (Phi) is 3.51. The van der Waals surface area contributed by atoms with Crippen LogP contribution in [0.2, 0.25) is 0 Å². The number of hydrogen-bond acceptors (Lipinski definition) is 3. The van der Waals surface area contributed by atoms with E-state index in [0.29, 0.717) is 11.5 Å². The van der Waals surface area contributed by atoms with Gasteiger partial charge in [-0.1, -0.05) is 12.1 Å². The average molecular weight is 317 g/mol. The van der Waals surface area contributed by atoms with Crippen LogP contribution in [0.1, 0.15) is 11.1 Å². The number of anilines is 1. The third-order valence-corrected chi connectivity index (χ3v) is 4.84. The van der Waals surface area contributed by atoms with Crippen molar-refractivity contribution in [3.05, 3.63) is 53.7 Å². The first kappa shape index (κ1) is 14.8. The van der Waals surface area contributed by atoms with Crippen LogP contribution in [0.25, 0.3) is 22.0 Å². The molecule has 1 aromatic heterocycles. The average Bonchev–Trinajstić information content (AvgIpc) is 2.91. The summed E-state index contributed by atoms with van der Waals surface area (Å²) in [6, 6.07) is 14.1. The maximum atomic E-state index is 9.26. The molecule has 24 heavy (non-hydrogen) atoms. The van der Waals surface area contributed by atoms with E-state index in [1.165, 1.54) is 0 Å². The molecule has 1 aliphatic heterocycles. The highest BCUT2D eigenvalue weighted by atomic mass is 16.5. The lowest BCUT2D eigenvalue weighted by Gasteiger charge is -2.26. The van der Waals surface area contributed by atoms with Crippen LogP contribution >= 0.6 is 0 Å². The van der Waals surface area contributed by atoms with Crippen LogP contribution < -0.4 is 5.73 Å². The van der Waals surface area contributed by atoms with Crippen LogP contribution in [0.5, 0.6) is 0 Å². The van der Waals surface area contributed by atoms with E-state index in [2.05, 4.69) is 22.9 Å². The van der Waals surface area contributed by atoms with E-state index in [-0.39, 0.29) is 0 Å². The Morgan fingerprint density at radius 2 is 2.08 bits per heavy atom. The summed E-state index contributed by atoms with van der Waals surface area (Å²) in [4.78, 5) is 0. The van der Waals surface area contributed by atoms with Crippen molar-refractivity contribution >= 4 is 16.6 Å². The van der Waals surface area contributed by atoms with Crippen LogP contribution in [-0.4, -0.2) is 17.8 Å². The number of rotatable bonds is 3. The Morgan fingerprint density at radius 3 is 2.79 bits per heavy atom. The van der Waals surface area contributed by atoms with Gasteiger partial charge in [0.05, 0.1) is 24.8 Å². The lowest BCUT2D eigenvalue weighted by Crippen LogP contribution is -2.31. The van der Waals surface area contributed by atoms with Gasteiger partial charge in [0.1, 0.15) is 0 Å². The van der Waals surface area contributed by atoms with Crippen molar-refractivity contribution in [2.75, 3.05) is 18.9 Å². The predicted molar refractivity (Wildman–Crippen MR) is 95.5 cm³/mol. The number of ether oxygens (including phenoxy) is 1. The van der Waals surface area contributed by atoms with E-state index in [1.54, 1.807) is 0 Å². The molecule has 0 radical (unpaired) electrons. The molecule has 0 aliphatic carbocycles. The van der Waals surface area contributed by atoms with E-state index < -0.39 is 0 Å². The Balaban J connectivity index is 1.93. The number of nitrogens with two attached hydrogens (primary N) is 1. The van der Waals surface area contributed by atoms with Gasteiger partial charge >= 0.3 is 0 Å². The SMILES string of the molecule is Cc1c(N)cccc1-c1cn(CC2COC2)c2ccc(C#N)cc12. The van der Waals surface area contributed by atoms with Crippen molar-refractivity contribution < 1.29 is 4.74 Å². The van der Waals surface area contributed by atoms with E-state index in [1.807, 2.05) is 37.3 Å². The number of benzene rings is 2. The van der Waals surface area contributed by atoms with E-state index in [9.17, 15) is 5.26 Å². The summed E-state index contributed by atoms with van der Waals surface area (Å²) >= 11 is 0. The van der Waals surface area contributed by atoms with E-state index >= 15 is 0 Å². The summed E-state index contributed by atoms with van der Waals surface area (Å²) in [5.74, 6) is 0.561. The minimum absolute atomic E-state index is 0.561. The Labute approximate surface area is 141 Å². The second kappa shape index (κ2) is 5.70. The molecule has 2 aromatic carbocycles. The lowest BCUT2D eigenvalue weighted by atomic mass is 9.98. The molecule has 2 N–H and O–H groups in total. The second-order valence-electron chi connectivity index (χ2n) is 6.46. The maximum Gasteiger partial charge on any atom is 0.0991 e. The number of nitrogens with zero attached hydrogens (tertiary/aromatic N) is 2. The van der Waals surface area contributed by atoms with Gasteiger partial charge in [0.25, 0.3) is 0 Å². The van der Waals surface area contributed by atoms with Crippen molar-refractivity contribution in [2.24, 2.45) is 5.92 Å². The standard InChI is InChI=1S/C20H19N3O/c1-13-16(3-2-4-19(13)22)18-10-23(9-15-11-24-12-15)20-6-5-14(8-21)7-17(18)20/h2-7,10,15H,9,11-12,22H2,1H3. The van der Waals surface area contributed by atoms with E-state index in [0.717, 1.165) is 53.0 Å². The summed E-state index contributed by atoms with van der Waals surface area (Å²) in [5, 5.41) is 10.4. The van der Waals surface area contributed by atoms with Gasteiger partial charge < -0.3 is 15.0 Å². The van der Waals surface area contributed by atoms with Gasteiger partial charge in [-0.05, 0) is 42.3 Å². The third-order valence-electron chi connectivity index (χ3n) is 4.84. The molecule has 0 unspecified atom stereocenters. The molecule has 1 fully saturated rings. The molecule has 4 nitrogen and oxygen atoms in total. The molecule has 3 aromatic rings. The highest BCUT2D eigenvalue weighted by molar-refractivity contribution is 5.98. The molecule has 1 saturated heterocycles. The zero-order chi connectivity index (χ0) is 16.7. The third kappa shape index (κ3) is 2.34. The number of nitriles is 1. The molecule has 0 amide bonds. The molecule has 120 valence electrons. The maximum absolute atomic E-state index is 9.26. The fourth-order valence-electron chi connectivity index (χ4n) is 3.35. The predicted octanol–water partition coefficient (Wildman–Crippen LogP) is 3.72. The minimum Gasteiger partial charge on any atom is -0.398 e. The fraction of sp³-hybridized carbons (Fsp3) is 0.250. The normalized spacial score (nSPS) is 14.5. The van der Waals surface area contributed by atoms with Crippen molar-refractivity contribution in [1.29, 1.82) is 5.26 Å². The van der Waals surface area contributed by atoms with Crippen molar-refractivity contribution in [2.45, 2.75) is 13.5 Å². The molecule has 0 saturated carbocycles. The molecule has 0 atom stereocenters. The second-order valence-corrected chi connectivity index (χ2v) is 6.46. The van der Waals surface area contributed by atoms with E-state index in [4.69, 9.17) is 10.5 Å². The first-order valence-corrected chi connectivity index (χ1v) is 8.13. The highest BCUT2D eigenvalue weighted by Crippen LogP contribution is 2.35. The zero-order valence-electron chi connectivity index (χ0n) is 13.6. The molecular formula is C20H19N3O. The zero-order valence-corrected chi connectivity index (χ0v) is 13.6. The Hall–Kier alpha value is -2.77. The minimum atomic E-state index is 0.561. The summed E-state index contributed by atoms with van der Waals surface area (Å²) in [6.45, 7) is 4.62. The van der Waals surface area contributed by atoms with Crippen LogP contribution in [-0.2, 0) is 11.3 Å². The van der Waals surface area contributed by atoms with Crippen molar-refractivity contribution in [1.82, 2.24) is 4.57 Å².